The molecule has 0 bridgehead atoms. The molecule has 1 aromatic carbocycles. The second-order valence-electron chi connectivity index (χ2n) is 8.21. The number of hydrogen-bond acceptors (Lipinski definition) is 4. The van der Waals surface area contributed by atoms with Gasteiger partial charge in [0.2, 0.25) is 0 Å². The minimum absolute atomic E-state index is 0.0689. The molecule has 6 nitrogen and oxygen atoms in total. The van der Waals surface area contributed by atoms with Crippen LogP contribution in [0.15, 0.2) is 36.5 Å². The second-order valence-corrected chi connectivity index (χ2v) is 8.21. The summed E-state index contributed by atoms with van der Waals surface area (Å²) in [4.78, 5) is 17.2. The predicted molar refractivity (Wildman–Crippen MR) is 108 cm³/mol. The molecule has 0 spiro atoms. The summed E-state index contributed by atoms with van der Waals surface area (Å²) in [5.74, 6) is -1.04. The Morgan fingerprint density at radius 2 is 1.68 bits per heavy atom. The Morgan fingerprint density at radius 1 is 1.06 bits per heavy atom. The van der Waals surface area contributed by atoms with Crippen molar-refractivity contribution in [3.8, 4) is 5.75 Å². The topological polar surface area (TPSA) is 67.6 Å². The molecule has 0 amide bonds. The SMILES string of the molecule is Cn1c(CN2CC(C(=O)O)C2)cc2cc(OCc3cc(C(F)(F)F)cc(C(F)(F)F)c3)cnc21. The van der Waals surface area contributed by atoms with E-state index in [0.717, 1.165) is 5.69 Å². The Bertz CT molecular complexity index is 1200. The molecule has 182 valence electrons. The zero-order valence-electron chi connectivity index (χ0n) is 17.7. The molecule has 2 aromatic heterocycles. The van der Waals surface area contributed by atoms with Crippen LogP contribution in [0.25, 0.3) is 11.0 Å². The molecule has 1 N–H and O–H groups in total. The normalized spacial score (nSPS) is 15.5. The first-order valence-corrected chi connectivity index (χ1v) is 10.1. The molecule has 0 aliphatic carbocycles. The van der Waals surface area contributed by atoms with E-state index in [1.165, 1.54) is 6.20 Å². The van der Waals surface area contributed by atoms with E-state index >= 15 is 0 Å². The molecule has 0 unspecified atom stereocenters. The summed E-state index contributed by atoms with van der Waals surface area (Å²) in [5, 5.41) is 9.66. The van der Waals surface area contributed by atoms with Gasteiger partial charge in [-0.25, -0.2) is 4.98 Å². The number of alkyl halides is 6. The molecule has 1 saturated heterocycles. The van der Waals surface area contributed by atoms with Crippen LogP contribution in [-0.2, 0) is 37.3 Å². The minimum atomic E-state index is -4.93. The second kappa shape index (κ2) is 8.49. The number of halogens is 6. The first kappa shape index (κ1) is 23.9. The summed E-state index contributed by atoms with van der Waals surface area (Å²) in [6.07, 6.45) is -8.52. The van der Waals surface area contributed by atoms with Crippen molar-refractivity contribution >= 4 is 17.0 Å². The highest BCUT2D eigenvalue weighted by Crippen LogP contribution is 2.36. The molecule has 1 aliphatic heterocycles. The number of carbonyl (C=O) groups is 1. The van der Waals surface area contributed by atoms with Gasteiger partial charge < -0.3 is 14.4 Å². The Labute approximate surface area is 189 Å². The number of fused-ring (bicyclic) bond motifs is 1. The average molecular weight is 487 g/mol. The van der Waals surface area contributed by atoms with Gasteiger partial charge in [0.15, 0.2) is 0 Å². The number of aliphatic carboxylic acids is 1. The monoisotopic (exact) mass is 487 g/mol. The quantitative estimate of drug-likeness (QED) is 0.511. The first-order valence-electron chi connectivity index (χ1n) is 10.1. The number of rotatable bonds is 6. The number of nitrogens with zero attached hydrogens (tertiary/aromatic N) is 3. The number of hydrogen-bond donors (Lipinski definition) is 1. The van der Waals surface area contributed by atoms with E-state index in [1.54, 1.807) is 13.1 Å². The maximum Gasteiger partial charge on any atom is 0.416 e. The van der Waals surface area contributed by atoms with Gasteiger partial charge >= 0.3 is 18.3 Å². The zero-order chi connectivity index (χ0) is 24.8. The van der Waals surface area contributed by atoms with Crippen molar-refractivity contribution in [1.82, 2.24) is 14.5 Å². The van der Waals surface area contributed by atoms with Crippen molar-refractivity contribution in [2.24, 2.45) is 13.0 Å². The fourth-order valence-corrected chi connectivity index (χ4v) is 3.84. The summed E-state index contributed by atoms with van der Waals surface area (Å²) in [5.41, 5.74) is -1.61. The van der Waals surface area contributed by atoms with Crippen LogP contribution in [-0.4, -0.2) is 38.6 Å². The van der Waals surface area contributed by atoms with E-state index in [-0.39, 0.29) is 23.3 Å². The smallest absolute Gasteiger partial charge is 0.416 e. The number of pyridine rings is 1. The lowest BCUT2D eigenvalue weighted by Crippen LogP contribution is -2.49. The number of ether oxygens (including phenoxy) is 1. The third-order valence-electron chi connectivity index (χ3n) is 5.69. The number of benzene rings is 1. The van der Waals surface area contributed by atoms with E-state index in [0.29, 0.717) is 42.8 Å². The van der Waals surface area contributed by atoms with Crippen LogP contribution < -0.4 is 4.74 Å². The molecule has 34 heavy (non-hydrogen) atoms. The number of likely N-dealkylation sites (tertiary alicyclic amines) is 1. The highest BCUT2D eigenvalue weighted by atomic mass is 19.4. The molecule has 0 radical (unpaired) electrons. The largest absolute Gasteiger partial charge is 0.487 e. The summed E-state index contributed by atoms with van der Waals surface area (Å²) >= 11 is 0. The van der Waals surface area contributed by atoms with Gasteiger partial charge in [0, 0.05) is 37.8 Å². The van der Waals surface area contributed by atoms with Crippen molar-refractivity contribution in [2.75, 3.05) is 13.1 Å². The van der Waals surface area contributed by atoms with Gasteiger partial charge in [-0.05, 0) is 35.9 Å². The maximum atomic E-state index is 13.0. The number of carboxylic acids is 1. The van der Waals surface area contributed by atoms with Crippen molar-refractivity contribution in [1.29, 1.82) is 0 Å². The van der Waals surface area contributed by atoms with Crippen LogP contribution in [0.1, 0.15) is 22.4 Å². The molecular weight excluding hydrogens is 468 g/mol. The van der Waals surface area contributed by atoms with Crippen molar-refractivity contribution in [3.05, 3.63) is 58.9 Å². The number of carboxylic acid groups (broad SMARTS) is 1. The van der Waals surface area contributed by atoms with Gasteiger partial charge in [-0.1, -0.05) is 0 Å². The average Bonchev–Trinajstić information content (AvgIpc) is 3.02. The lowest BCUT2D eigenvalue weighted by molar-refractivity contribution is -0.148. The van der Waals surface area contributed by atoms with Crippen LogP contribution in [0.5, 0.6) is 5.75 Å². The third-order valence-corrected chi connectivity index (χ3v) is 5.69. The molecule has 4 rings (SSSR count). The number of aryl methyl sites for hydroxylation is 1. The highest BCUT2D eigenvalue weighted by molar-refractivity contribution is 5.78. The minimum Gasteiger partial charge on any atom is -0.487 e. The molecule has 0 saturated carbocycles. The molecule has 12 heteroatoms. The van der Waals surface area contributed by atoms with Gasteiger partial charge in [-0.15, -0.1) is 0 Å². The Balaban J connectivity index is 1.50. The van der Waals surface area contributed by atoms with Crippen LogP contribution in [0.4, 0.5) is 26.3 Å². The van der Waals surface area contributed by atoms with Gasteiger partial charge in [-0.3, -0.25) is 9.69 Å². The molecule has 1 fully saturated rings. The Kier molecular flexibility index (Phi) is 5.96. The van der Waals surface area contributed by atoms with Crippen molar-refractivity contribution < 1.29 is 41.0 Å². The predicted octanol–water partition coefficient (Wildman–Crippen LogP) is 4.71. The van der Waals surface area contributed by atoms with Crippen LogP contribution >= 0.6 is 0 Å². The lowest BCUT2D eigenvalue weighted by Gasteiger charge is -2.36. The van der Waals surface area contributed by atoms with Gasteiger partial charge in [0.1, 0.15) is 18.0 Å². The first-order chi connectivity index (χ1) is 15.8. The van der Waals surface area contributed by atoms with Gasteiger partial charge in [-0.2, -0.15) is 26.3 Å². The van der Waals surface area contributed by atoms with E-state index in [9.17, 15) is 31.1 Å². The van der Waals surface area contributed by atoms with E-state index in [2.05, 4.69) is 4.98 Å². The standard InChI is InChI=1S/C22H19F6N3O3/c1-30-17(10-31-8-14(9-31)20(32)33)4-13-5-18(7-29-19(13)30)34-11-12-2-15(21(23,24)25)6-16(3-12)22(26,27)28/h2-7,14H,8-11H2,1H3,(H,32,33). The highest BCUT2D eigenvalue weighted by Gasteiger charge is 2.37. The maximum absolute atomic E-state index is 13.0. The Hall–Kier alpha value is -3.28. The molecular formula is C22H19F6N3O3. The van der Waals surface area contributed by atoms with E-state index in [4.69, 9.17) is 9.84 Å². The van der Waals surface area contributed by atoms with E-state index < -0.39 is 36.1 Å². The summed E-state index contributed by atoms with van der Waals surface area (Å²) in [6, 6.07) is 4.74. The molecule has 1 aliphatic rings. The zero-order valence-corrected chi connectivity index (χ0v) is 17.7. The fourth-order valence-electron chi connectivity index (χ4n) is 3.84. The summed E-state index contributed by atoms with van der Waals surface area (Å²) in [6.45, 7) is 0.882. The van der Waals surface area contributed by atoms with Crippen molar-refractivity contribution in [2.45, 2.75) is 25.5 Å². The van der Waals surface area contributed by atoms with E-state index in [1.807, 2.05) is 15.5 Å². The van der Waals surface area contributed by atoms with Crippen molar-refractivity contribution in [3.63, 3.8) is 0 Å². The summed E-state index contributed by atoms with van der Waals surface area (Å²) in [7, 11) is 1.79. The van der Waals surface area contributed by atoms with Gasteiger partial charge in [0.05, 0.1) is 23.2 Å². The third kappa shape index (κ3) is 4.96. The van der Waals surface area contributed by atoms with Crippen LogP contribution in [0.3, 0.4) is 0 Å². The molecule has 0 atom stereocenters. The van der Waals surface area contributed by atoms with Crippen LogP contribution in [0.2, 0.25) is 0 Å². The number of aromatic nitrogens is 2. The molecule has 3 aromatic rings. The Morgan fingerprint density at radius 3 is 2.24 bits per heavy atom. The molecule has 3 heterocycles. The van der Waals surface area contributed by atoms with Crippen LogP contribution in [0, 0.1) is 5.92 Å². The lowest BCUT2D eigenvalue weighted by atomic mass is 10.0. The fraction of sp³-hybridized carbons (Fsp3) is 0.364. The summed E-state index contributed by atoms with van der Waals surface area (Å²) < 4.78 is 85.5. The van der Waals surface area contributed by atoms with Gasteiger partial charge in [0.25, 0.3) is 0 Å².